The molecule has 0 radical (unpaired) electrons. The predicted molar refractivity (Wildman–Crippen MR) is 97.3 cm³/mol. The average Bonchev–Trinajstić information content (AvgIpc) is 3.20. The van der Waals surface area contributed by atoms with Crippen LogP contribution >= 0.6 is 0 Å². The van der Waals surface area contributed by atoms with Crippen molar-refractivity contribution in [3.8, 4) is 16.9 Å². The van der Waals surface area contributed by atoms with E-state index in [1.807, 2.05) is 49.4 Å². The topological polar surface area (TPSA) is 56.1 Å². The summed E-state index contributed by atoms with van der Waals surface area (Å²) in [6.07, 6.45) is 5.07. The molecule has 0 aliphatic rings. The van der Waals surface area contributed by atoms with Crippen molar-refractivity contribution < 1.29 is 9.53 Å². The molecule has 1 aromatic heterocycles. The Hall–Kier alpha value is -3.08. The lowest BCUT2D eigenvalue weighted by Crippen LogP contribution is -2.33. The van der Waals surface area contributed by atoms with Gasteiger partial charge >= 0.3 is 0 Å². The molecule has 1 amide bonds. The van der Waals surface area contributed by atoms with Crippen molar-refractivity contribution in [2.75, 3.05) is 13.2 Å². The van der Waals surface area contributed by atoms with Crippen LogP contribution in [-0.2, 0) is 4.79 Å². The number of hydrogen-bond acceptors (Lipinski definition) is 3. The molecule has 1 heterocycles. The number of benzene rings is 2. The van der Waals surface area contributed by atoms with Gasteiger partial charge in [-0.3, -0.25) is 4.79 Å². The molecule has 3 aromatic rings. The molecule has 5 heteroatoms. The smallest absolute Gasteiger partial charge is 0.242 e. The first kappa shape index (κ1) is 16.8. The van der Waals surface area contributed by atoms with E-state index >= 15 is 0 Å². The van der Waals surface area contributed by atoms with Crippen LogP contribution in [-0.4, -0.2) is 28.6 Å². The molecule has 0 saturated heterocycles. The normalized spacial score (nSPS) is 11.7. The van der Waals surface area contributed by atoms with E-state index in [-0.39, 0.29) is 11.9 Å². The number of carbonyl (C=O) groups excluding carboxylic acids is 1. The molecule has 128 valence electrons. The molecule has 3 rings (SSSR count). The molecule has 0 fully saturated rings. The van der Waals surface area contributed by atoms with Crippen LogP contribution in [0.5, 0.6) is 5.75 Å². The number of amides is 1. The molecule has 1 atom stereocenters. The average molecular weight is 335 g/mol. The summed E-state index contributed by atoms with van der Waals surface area (Å²) >= 11 is 0. The lowest BCUT2D eigenvalue weighted by molar-refractivity contribution is -0.123. The third kappa shape index (κ3) is 4.26. The van der Waals surface area contributed by atoms with Crippen LogP contribution in [0.3, 0.4) is 0 Å². The second-order valence-electron chi connectivity index (χ2n) is 5.69. The number of rotatable bonds is 7. The molecule has 5 nitrogen and oxygen atoms in total. The van der Waals surface area contributed by atoms with Crippen LogP contribution in [0.2, 0.25) is 0 Å². The predicted octanol–water partition coefficient (Wildman–Crippen LogP) is 3.31. The maximum atomic E-state index is 12.1. The van der Waals surface area contributed by atoms with Crippen molar-refractivity contribution in [1.29, 1.82) is 0 Å². The molecule has 0 spiro atoms. The van der Waals surface area contributed by atoms with E-state index in [9.17, 15) is 4.79 Å². The van der Waals surface area contributed by atoms with E-state index in [1.165, 1.54) is 0 Å². The first-order valence-electron chi connectivity index (χ1n) is 8.28. The minimum atomic E-state index is -0.292. The summed E-state index contributed by atoms with van der Waals surface area (Å²) in [6, 6.07) is 17.7. The van der Waals surface area contributed by atoms with Gasteiger partial charge in [-0.1, -0.05) is 48.5 Å². The van der Waals surface area contributed by atoms with Crippen LogP contribution < -0.4 is 10.1 Å². The highest BCUT2D eigenvalue weighted by atomic mass is 16.5. The molecule has 1 N–H and O–H groups in total. The summed E-state index contributed by atoms with van der Waals surface area (Å²) in [7, 11) is 0. The van der Waals surface area contributed by atoms with Gasteiger partial charge in [0.25, 0.3) is 0 Å². The highest BCUT2D eigenvalue weighted by Crippen LogP contribution is 2.29. The first-order valence-corrected chi connectivity index (χ1v) is 8.28. The van der Waals surface area contributed by atoms with Crippen LogP contribution in [0.15, 0.2) is 73.3 Å². The molecule has 0 aliphatic heterocycles. The Morgan fingerprint density at radius 2 is 1.92 bits per heavy atom. The van der Waals surface area contributed by atoms with E-state index in [0.29, 0.717) is 13.2 Å². The second kappa shape index (κ2) is 8.15. The molecule has 0 bridgehead atoms. The number of nitrogens with zero attached hydrogens (tertiary/aromatic N) is 2. The molecule has 0 unspecified atom stereocenters. The minimum Gasteiger partial charge on any atom is -0.491 e. The van der Waals surface area contributed by atoms with Crippen LogP contribution in [0.4, 0.5) is 0 Å². The van der Waals surface area contributed by atoms with Crippen molar-refractivity contribution in [3.63, 3.8) is 0 Å². The Morgan fingerprint density at radius 1 is 1.16 bits per heavy atom. The molecule has 25 heavy (non-hydrogen) atoms. The Labute approximate surface area is 147 Å². The zero-order valence-electron chi connectivity index (χ0n) is 14.1. The third-order valence-electron chi connectivity index (χ3n) is 3.98. The Morgan fingerprint density at radius 3 is 2.68 bits per heavy atom. The largest absolute Gasteiger partial charge is 0.491 e. The van der Waals surface area contributed by atoms with Crippen molar-refractivity contribution in [2.24, 2.45) is 0 Å². The Bertz CT molecular complexity index is 801. The van der Waals surface area contributed by atoms with Gasteiger partial charge in [0, 0.05) is 18.0 Å². The highest BCUT2D eigenvalue weighted by Gasteiger charge is 2.13. The Kier molecular flexibility index (Phi) is 5.46. The maximum absolute atomic E-state index is 12.1. The van der Waals surface area contributed by atoms with Gasteiger partial charge in [-0.15, -0.1) is 0 Å². The zero-order valence-corrected chi connectivity index (χ0v) is 14.1. The number of carbonyl (C=O) groups is 1. The third-order valence-corrected chi connectivity index (χ3v) is 3.98. The first-order chi connectivity index (χ1) is 12.3. The van der Waals surface area contributed by atoms with Crippen molar-refractivity contribution in [2.45, 2.75) is 13.0 Å². The summed E-state index contributed by atoms with van der Waals surface area (Å²) in [5.41, 5.74) is 2.15. The fourth-order valence-electron chi connectivity index (χ4n) is 2.57. The van der Waals surface area contributed by atoms with Crippen molar-refractivity contribution in [3.05, 3.63) is 73.3 Å². The summed E-state index contributed by atoms with van der Waals surface area (Å²) < 4.78 is 7.64. The van der Waals surface area contributed by atoms with Gasteiger partial charge in [-0.05, 0) is 18.6 Å². The molecule has 0 aliphatic carbocycles. The quantitative estimate of drug-likeness (QED) is 0.674. The minimum absolute atomic E-state index is 0.0575. The van der Waals surface area contributed by atoms with Gasteiger partial charge < -0.3 is 14.6 Å². The zero-order chi connectivity index (χ0) is 17.5. The van der Waals surface area contributed by atoms with E-state index in [0.717, 1.165) is 16.9 Å². The monoisotopic (exact) mass is 335 g/mol. The van der Waals surface area contributed by atoms with E-state index in [2.05, 4.69) is 22.4 Å². The second-order valence-corrected chi connectivity index (χ2v) is 5.69. The Balaban J connectivity index is 1.54. The number of hydrogen-bond donors (Lipinski definition) is 1. The number of aromatic nitrogens is 2. The van der Waals surface area contributed by atoms with Crippen LogP contribution in [0, 0.1) is 0 Å². The van der Waals surface area contributed by atoms with Gasteiger partial charge in [-0.25, -0.2) is 4.98 Å². The SMILES string of the molecule is C[C@H](C(=O)NCCOc1ccccc1-c1ccccc1)n1ccnc1. The molecule has 2 aromatic carbocycles. The number of imidazole rings is 1. The summed E-state index contributed by atoms with van der Waals surface area (Å²) in [4.78, 5) is 16.1. The van der Waals surface area contributed by atoms with Crippen molar-refractivity contribution in [1.82, 2.24) is 14.9 Å². The summed E-state index contributed by atoms with van der Waals surface area (Å²) in [5.74, 6) is 0.753. The van der Waals surface area contributed by atoms with Gasteiger partial charge in [-0.2, -0.15) is 0 Å². The lowest BCUT2D eigenvalue weighted by Gasteiger charge is -2.15. The van der Waals surface area contributed by atoms with E-state index in [4.69, 9.17) is 4.74 Å². The summed E-state index contributed by atoms with van der Waals surface area (Å²) in [6.45, 7) is 2.69. The van der Waals surface area contributed by atoms with Crippen LogP contribution in [0.1, 0.15) is 13.0 Å². The standard InChI is InChI=1S/C20H21N3O2/c1-16(23-13-11-21-15-23)20(24)22-12-14-25-19-10-6-5-9-18(19)17-7-3-2-4-8-17/h2-11,13,15-16H,12,14H2,1H3,(H,22,24)/t16-/m1/s1. The van der Waals surface area contributed by atoms with Crippen LogP contribution in [0.25, 0.3) is 11.1 Å². The molecule has 0 saturated carbocycles. The summed E-state index contributed by atoms with van der Waals surface area (Å²) in [5, 5.41) is 2.89. The van der Waals surface area contributed by atoms with Crippen molar-refractivity contribution >= 4 is 5.91 Å². The maximum Gasteiger partial charge on any atom is 0.242 e. The van der Waals surface area contributed by atoms with Gasteiger partial charge in [0.15, 0.2) is 0 Å². The number of ether oxygens (including phenoxy) is 1. The molecular weight excluding hydrogens is 314 g/mol. The highest BCUT2D eigenvalue weighted by molar-refractivity contribution is 5.79. The number of nitrogens with one attached hydrogen (secondary N) is 1. The van der Waals surface area contributed by atoms with Gasteiger partial charge in [0.1, 0.15) is 18.4 Å². The lowest BCUT2D eigenvalue weighted by atomic mass is 10.1. The van der Waals surface area contributed by atoms with Gasteiger partial charge in [0.2, 0.25) is 5.91 Å². The van der Waals surface area contributed by atoms with Gasteiger partial charge in [0.05, 0.1) is 12.9 Å². The molecular formula is C20H21N3O2. The van der Waals surface area contributed by atoms with E-state index in [1.54, 1.807) is 23.3 Å². The number of para-hydroxylation sites is 1. The fourth-order valence-corrected chi connectivity index (χ4v) is 2.57. The van der Waals surface area contributed by atoms with E-state index < -0.39 is 0 Å². The fraction of sp³-hybridized carbons (Fsp3) is 0.200.